The molecule has 2 rings (SSSR count). The van der Waals surface area contributed by atoms with Crippen molar-refractivity contribution >= 4 is 8.07 Å². The zero-order valence-corrected chi connectivity index (χ0v) is 8.27. The quantitative estimate of drug-likeness (QED) is 0.549. The Kier molecular flexibility index (Phi) is 1.76. The van der Waals surface area contributed by atoms with Crippen molar-refractivity contribution in [2.24, 2.45) is 0 Å². The summed E-state index contributed by atoms with van der Waals surface area (Å²) in [6, 6.07) is 4.65. The number of rotatable bonds is 2. The van der Waals surface area contributed by atoms with E-state index in [0.29, 0.717) is 0 Å². The van der Waals surface area contributed by atoms with Gasteiger partial charge in [0.05, 0.1) is 8.07 Å². The summed E-state index contributed by atoms with van der Waals surface area (Å²) in [5, 5.41) is 1.84. The van der Waals surface area contributed by atoms with E-state index in [0.717, 1.165) is 0 Å². The number of hydrogen-bond donors (Lipinski definition) is 0. The van der Waals surface area contributed by atoms with E-state index in [1.807, 2.05) is 5.20 Å². The van der Waals surface area contributed by atoms with Crippen molar-refractivity contribution in [3.8, 4) is 0 Å². The Hall–Kier alpha value is -0.303. The first-order chi connectivity index (χ1) is 5.37. The van der Waals surface area contributed by atoms with E-state index in [-0.39, 0.29) is 0 Å². The molecule has 0 atom stereocenters. The minimum absolute atomic E-state index is 0.785. The number of allylic oxidation sites excluding steroid dienone is 4. The van der Waals surface area contributed by atoms with Gasteiger partial charge < -0.3 is 0 Å². The van der Waals surface area contributed by atoms with Gasteiger partial charge in [0.25, 0.3) is 0 Å². The largest absolute Gasteiger partial charge is 0.0816 e. The van der Waals surface area contributed by atoms with Gasteiger partial charge in [0.2, 0.25) is 0 Å². The van der Waals surface area contributed by atoms with Gasteiger partial charge in [-0.1, -0.05) is 54.9 Å². The van der Waals surface area contributed by atoms with Crippen LogP contribution in [0.25, 0.3) is 0 Å². The number of hydrogen-bond acceptors (Lipinski definition) is 0. The molecule has 1 saturated heterocycles. The standard InChI is InChI=1S/C10H16Si/c1-2-11(8-5-9-11)10-6-3-4-7-10/h3-4,6H,2,5,7-9H2,1H3. The lowest BCUT2D eigenvalue weighted by molar-refractivity contribution is 0.880. The van der Waals surface area contributed by atoms with E-state index in [1.165, 1.54) is 18.9 Å². The fourth-order valence-corrected chi connectivity index (χ4v) is 6.36. The van der Waals surface area contributed by atoms with Crippen LogP contribution >= 0.6 is 0 Å². The molecule has 0 radical (unpaired) electrons. The van der Waals surface area contributed by atoms with Gasteiger partial charge in [0.15, 0.2) is 0 Å². The Labute approximate surface area is 70.0 Å². The summed E-state index contributed by atoms with van der Waals surface area (Å²) >= 11 is 0. The maximum Gasteiger partial charge on any atom is 0.0816 e. The van der Waals surface area contributed by atoms with E-state index in [4.69, 9.17) is 0 Å². The monoisotopic (exact) mass is 164 g/mol. The lowest BCUT2D eigenvalue weighted by atomic mass is 10.5. The van der Waals surface area contributed by atoms with Crippen LogP contribution in [0.2, 0.25) is 18.1 Å². The third kappa shape index (κ3) is 1.02. The van der Waals surface area contributed by atoms with Gasteiger partial charge in [-0.05, 0) is 6.42 Å². The summed E-state index contributed by atoms with van der Waals surface area (Å²) in [7, 11) is -0.785. The molecular weight excluding hydrogens is 148 g/mol. The second-order valence-electron chi connectivity index (χ2n) is 3.81. The normalized spacial score (nSPS) is 26.5. The molecule has 1 aliphatic carbocycles. The van der Waals surface area contributed by atoms with Crippen LogP contribution in [0.15, 0.2) is 23.4 Å². The molecular formula is C10H16Si. The van der Waals surface area contributed by atoms with Gasteiger partial charge in [-0.15, -0.1) is 0 Å². The highest BCUT2D eigenvalue weighted by molar-refractivity contribution is 6.88. The molecule has 1 heterocycles. The summed E-state index contributed by atoms with van der Waals surface area (Å²) in [4.78, 5) is 0. The van der Waals surface area contributed by atoms with Crippen molar-refractivity contribution in [1.29, 1.82) is 0 Å². The molecule has 1 aliphatic heterocycles. The van der Waals surface area contributed by atoms with Gasteiger partial charge in [-0.2, -0.15) is 0 Å². The molecule has 0 aromatic rings. The highest BCUT2D eigenvalue weighted by Gasteiger charge is 2.40. The molecule has 1 heteroatoms. The van der Waals surface area contributed by atoms with Gasteiger partial charge in [-0.25, -0.2) is 0 Å². The Balaban J connectivity index is 2.12. The predicted octanol–water partition coefficient (Wildman–Crippen LogP) is 3.28. The molecule has 2 aliphatic rings. The van der Waals surface area contributed by atoms with Crippen LogP contribution in [-0.2, 0) is 0 Å². The maximum absolute atomic E-state index is 2.40. The molecule has 0 aromatic carbocycles. The molecule has 0 spiro atoms. The van der Waals surface area contributed by atoms with E-state index >= 15 is 0 Å². The van der Waals surface area contributed by atoms with Crippen LogP contribution in [0, 0.1) is 0 Å². The first kappa shape index (κ1) is 7.35. The minimum atomic E-state index is -0.785. The van der Waals surface area contributed by atoms with E-state index in [2.05, 4.69) is 25.2 Å². The van der Waals surface area contributed by atoms with Crippen LogP contribution in [0.3, 0.4) is 0 Å². The molecule has 0 bridgehead atoms. The third-order valence-corrected chi connectivity index (χ3v) is 9.15. The van der Waals surface area contributed by atoms with Gasteiger partial charge in [-0.3, -0.25) is 0 Å². The zero-order chi connectivity index (χ0) is 7.73. The Bertz CT molecular complexity index is 203. The third-order valence-electron chi connectivity index (χ3n) is 3.44. The fourth-order valence-electron chi connectivity index (χ4n) is 2.35. The van der Waals surface area contributed by atoms with Gasteiger partial charge >= 0.3 is 0 Å². The van der Waals surface area contributed by atoms with Crippen molar-refractivity contribution in [2.45, 2.75) is 37.9 Å². The summed E-state index contributed by atoms with van der Waals surface area (Å²) in [5.74, 6) is 0. The Morgan fingerprint density at radius 1 is 1.45 bits per heavy atom. The second-order valence-corrected chi connectivity index (χ2v) is 8.72. The molecule has 1 fully saturated rings. The second kappa shape index (κ2) is 2.63. The Morgan fingerprint density at radius 2 is 2.27 bits per heavy atom. The smallest absolute Gasteiger partial charge is 0.0809 e. The summed E-state index contributed by atoms with van der Waals surface area (Å²) in [6.45, 7) is 2.39. The highest BCUT2D eigenvalue weighted by atomic mass is 28.3. The lowest BCUT2D eigenvalue weighted by Crippen LogP contribution is -2.42. The maximum atomic E-state index is 2.40. The van der Waals surface area contributed by atoms with Gasteiger partial charge in [0, 0.05) is 0 Å². The van der Waals surface area contributed by atoms with Crippen LogP contribution in [0.4, 0.5) is 0 Å². The van der Waals surface area contributed by atoms with Crippen molar-refractivity contribution < 1.29 is 0 Å². The van der Waals surface area contributed by atoms with Crippen molar-refractivity contribution in [3.63, 3.8) is 0 Å². The van der Waals surface area contributed by atoms with Crippen molar-refractivity contribution in [1.82, 2.24) is 0 Å². The molecule has 0 amide bonds. The lowest BCUT2D eigenvalue weighted by Gasteiger charge is -2.40. The average molecular weight is 164 g/mol. The van der Waals surface area contributed by atoms with E-state index in [1.54, 1.807) is 12.1 Å². The predicted molar refractivity (Wildman–Crippen MR) is 52.3 cm³/mol. The molecule has 60 valence electrons. The summed E-state index contributed by atoms with van der Waals surface area (Å²) in [6.07, 6.45) is 9.77. The van der Waals surface area contributed by atoms with Gasteiger partial charge in [0.1, 0.15) is 0 Å². The molecule has 0 nitrogen and oxygen atoms in total. The molecule has 0 N–H and O–H groups in total. The molecule has 0 unspecified atom stereocenters. The van der Waals surface area contributed by atoms with Crippen LogP contribution < -0.4 is 0 Å². The highest BCUT2D eigenvalue weighted by Crippen LogP contribution is 2.43. The fraction of sp³-hybridized carbons (Fsp3) is 0.600. The molecule has 0 saturated carbocycles. The zero-order valence-electron chi connectivity index (χ0n) is 7.27. The minimum Gasteiger partial charge on any atom is -0.0809 e. The average Bonchev–Trinajstić information content (AvgIpc) is 2.39. The van der Waals surface area contributed by atoms with Crippen molar-refractivity contribution in [2.75, 3.05) is 0 Å². The van der Waals surface area contributed by atoms with Crippen molar-refractivity contribution in [3.05, 3.63) is 23.4 Å². The topological polar surface area (TPSA) is 0 Å². The first-order valence-electron chi connectivity index (χ1n) is 4.73. The molecule has 0 aromatic heterocycles. The van der Waals surface area contributed by atoms with Crippen LogP contribution in [-0.4, -0.2) is 8.07 Å². The van der Waals surface area contributed by atoms with Crippen LogP contribution in [0.5, 0.6) is 0 Å². The first-order valence-corrected chi connectivity index (χ1v) is 7.36. The molecule has 11 heavy (non-hydrogen) atoms. The van der Waals surface area contributed by atoms with Crippen LogP contribution in [0.1, 0.15) is 19.8 Å². The van der Waals surface area contributed by atoms with E-state index in [9.17, 15) is 0 Å². The SMILES string of the molecule is CC[Si]1(C2=CC=CC2)CCC1. The summed E-state index contributed by atoms with van der Waals surface area (Å²) in [5.41, 5.74) is 0. The van der Waals surface area contributed by atoms with E-state index < -0.39 is 8.07 Å². The summed E-state index contributed by atoms with van der Waals surface area (Å²) < 4.78 is 0. The Morgan fingerprint density at radius 3 is 2.64 bits per heavy atom.